The molecule has 148 valence electrons. The number of nitrogens with zero attached hydrogens (tertiary/aromatic N) is 8. The topological polar surface area (TPSA) is 103 Å². The number of hydrogen-bond acceptors (Lipinski definition) is 6. The highest BCUT2D eigenvalue weighted by Gasteiger charge is 2.31. The molecular formula is C18H24N8O2. The van der Waals surface area contributed by atoms with Gasteiger partial charge in [0.05, 0.1) is 0 Å². The van der Waals surface area contributed by atoms with Gasteiger partial charge < -0.3 is 4.90 Å². The van der Waals surface area contributed by atoms with E-state index in [4.69, 9.17) is 0 Å². The summed E-state index contributed by atoms with van der Waals surface area (Å²) >= 11 is 0. The van der Waals surface area contributed by atoms with Crippen molar-refractivity contribution in [1.29, 1.82) is 0 Å². The Morgan fingerprint density at radius 3 is 2.82 bits per heavy atom. The van der Waals surface area contributed by atoms with E-state index in [0.717, 1.165) is 30.1 Å². The SMILES string of the molecule is CCn1c([C@H]2CCCN(C(=O)c3nnc4nc(C)cc(C)n34)C2)nn(C)c1=O. The number of amides is 1. The zero-order valence-corrected chi connectivity index (χ0v) is 16.6. The second-order valence-corrected chi connectivity index (χ2v) is 7.30. The van der Waals surface area contributed by atoms with Crippen LogP contribution in [-0.2, 0) is 13.6 Å². The number of rotatable bonds is 3. The van der Waals surface area contributed by atoms with Crippen molar-refractivity contribution < 1.29 is 4.79 Å². The van der Waals surface area contributed by atoms with E-state index in [-0.39, 0.29) is 23.3 Å². The molecular weight excluding hydrogens is 360 g/mol. The third kappa shape index (κ3) is 2.88. The molecule has 0 unspecified atom stereocenters. The second-order valence-electron chi connectivity index (χ2n) is 7.30. The van der Waals surface area contributed by atoms with E-state index in [9.17, 15) is 9.59 Å². The molecule has 0 saturated carbocycles. The molecule has 10 heteroatoms. The summed E-state index contributed by atoms with van der Waals surface area (Å²) in [5.41, 5.74) is 1.58. The van der Waals surface area contributed by atoms with Crippen molar-refractivity contribution in [2.24, 2.45) is 7.05 Å². The lowest BCUT2D eigenvalue weighted by Gasteiger charge is -2.31. The highest BCUT2D eigenvalue weighted by Crippen LogP contribution is 2.26. The van der Waals surface area contributed by atoms with Crippen LogP contribution >= 0.6 is 0 Å². The summed E-state index contributed by atoms with van der Waals surface area (Å²) in [6, 6.07) is 1.90. The smallest absolute Gasteiger partial charge is 0.335 e. The van der Waals surface area contributed by atoms with Gasteiger partial charge in [-0.3, -0.25) is 13.8 Å². The first kappa shape index (κ1) is 18.3. The molecule has 0 aromatic carbocycles. The first-order chi connectivity index (χ1) is 13.4. The molecule has 3 aromatic rings. The van der Waals surface area contributed by atoms with Gasteiger partial charge in [-0.2, -0.15) is 5.10 Å². The predicted molar refractivity (Wildman–Crippen MR) is 101 cm³/mol. The number of likely N-dealkylation sites (tertiary alicyclic amines) is 1. The maximum atomic E-state index is 13.2. The lowest BCUT2D eigenvalue weighted by molar-refractivity contribution is 0.0689. The van der Waals surface area contributed by atoms with Crippen LogP contribution in [0.1, 0.15) is 53.5 Å². The summed E-state index contributed by atoms with van der Waals surface area (Å²) < 4.78 is 4.74. The molecule has 1 atom stereocenters. The van der Waals surface area contributed by atoms with Gasteiger partial charge in [-0.1, -0.05) is 0 Å². The molecule has 0 bridgehead atoms. The molecule has 1 aliphatic heterocycles. The summed E-state index contributed by atoms with van der Waals surface area (Å²) in [5, 5.41) is 12.6. The molecule has 0 spiro atoms. The van der Waals surface area contributed by atoms with E-state index >= 15 is 0 Å². The monoisotopic (exact) mass is 384 g/mol. The van der Waals surface area contributed by atoms with Crippen molar-refractivity contribution in [3.63, 3.8) is 0 Å². The summed E-state index contributed by atoms with van der Waals surface area (Å²) in [5.74, 6) is 1.29. The standard InChI is InChI=1S/C18H24N8O2/c1-5-25-14(22-23(4)18(25)28)13-7-6-8-24(10-13)16(27)15-20-21-17-19-11(2)9-12(3)26(15)17/h9,13H,5-8,10H2,1-4H3/t13-/m0/s1. The third-order valence-electron chi connectivity index (χ3n) is 5.31. The van der Waals surface area contributed by atoms with Crippen molar-refractivity contribution in [3.8, 4) is 0 Å². The van der Waals surface area contributed by atoms with Crippen LogP contribution < -0.4 is 5.69 Å². The molecule has 0 aliphatic carbocycles. The molecule has 0 radical (unpaired) electrons. The quantitative estimate of drug-likeness (QED) is 0.658. The van der Waals surface area contributed by atoms with Gasteiger partial charge in [-0.15, -0.1) is 10.2 Å². The Morgan fingerprint density at radius 2 is 2.07 bits per heavy atom. The fraction of sp³-hybridized carbons (Fsp3) is 0.556. The average Bonchev–Trinajstić information content (AvgIpc) is 3.22. The van der Waals surface area contributed by atoms with Crippen LogP contribution in [-0.4, -0.2) is 57.8 Å². The second kappa shape index (κ2) is 6.84. The first-order valence-corrected chi connectivity index (χ1v) is 9.53. The maximum absolute atomic E-state index is 13.2. The van der Waals surface area contributed by atoms with Gasteiger partial charge in [0.2, 0.25) is 5.82 Å². The molecule has 1 amide bonds. The number of hydrogen-bond donors (Lipinski definition) is 0. The normalized spacial score (nSPS) is 17.4. The van der Waals surface area contributed by atoms with Crippen molar-refractivity contribution in [2.45, 2.75) is 46.1 Å². The van der Waals surface area contributed by atoms with Crippen LogP contribution in [0.5, 0.6) is 0 Å². The molecule has 1 aliphatic rings. The number of aryl methyl sites for hydroxylation is 3. The Bertz CT molecular complexity index is 1110. The average molecular weight is 384 g/mol. The van der Waals surface area contributed by atoms with Crippen LogP contribution in [0, 0.1) is 13.8 Å². The van der Waals surface area contributed by atoms with Gasteiger partial charge in [0.15, 0.2) is 0 Å². The fourth-order valence-electron chi connectivity index (χ4n) is 4.00. The molecule has 1 saturated heterocycles. The van der Waals surface area contributed by atoms with Crippen molar-refractivity contribution in [2.75, 3.05) is 13.1 Å². The minimum Gasteiger partial charge on any atom is -0.335 e. The van der Waals surface area contributed by atoms with Gasteiger partial charge in [0.25, 0.3) is 11.7 Å². The maximum Gasteiger partial charge on any atom is 0.345 e. The van der Waals surface area contributed by atoms with Crippen molar-refractivity contribution in [1.82, 2.24) is 38.8 Å². The van der Waals surface area contributed by atoms with Gasteiger partial charge in [0.1, 0.15) is 5.82 Å². The third-order valence-corrected chi connectivity index (χ3v) is 5.31. The molecule has 10 nitrogen and oxygen atoms in total. The predicted octanol–water partition coefficient (Wildman–Crippen LogP) is 0.676. The van der Waals surface area contributed by atoms with E-state index in [0.29, 0.717) is 25.4 Å². The molecule has 0 N–H and O–H groups in total. The Kier molecular flexibility index (Phi) is 4.48. The van der Waals surface area contributed by atoms with E-state index in [1.807, 2.05) is 26.8 Å². The fourth-order valence-corrected chi connectivity index (χ4v) is 4.00. The lowest BCUT2D eigenvalue weighted by atomic mass is 9.97. The Hall–Kier alpha value is -3.04. The first-order valence-electron chi connectivity index (χ1n) is 9.53. The van der Waals surface area contributed by atoms with Gasteiger partial charge in [-0.25, -0.2) is 14.5 Å². The molecule has 28 heavy (non-hydrogen) atoms. The number of carbonyl (C=O) groups excluding carboxylic acids is 1. The molecule has 3 aromatic heterocycles. The van der Waals surface area contributed by atoms with Crippen molar-refractivity contribution >= 4 is 11.7 Å². The van der Waals surface area contributed by atoms with Crippen LogP contribution in [0.4, 0.5) is 0 Å². The Balaban J connectivity index is 1.65. The number of carbonyl (C=O) groups is 1. The Labute approximate surface area is 161 Å². The van der Waals surface area contributed by atoms with Gasteiger partial charge in [-0.05, 0) is 39.7 Å². The Morgan fingerprint density at radius 1 is 1.29 bits per heavy atom. The van der Waals surface area contributed by atoms with Crippen LogP contribution in [0.2, 0.25) is 0 Å². The van der Waals surface area contributed by atoms with Gasteiger partial charge >= 0.3 is 5.69 Å². The minimum absolute atomic E-state index is 0.0206. The zero-order chi connectivity index (χ0) is 20.0. The summed E-state index contributed by atoms with van der Waals surface area (Å²) in [6.07, 6.45) is 1.73. The zero-order valence-electron chi connectivity index (χ0n) is 16.6. The van der Waals surface area contributed by atoms with E-state index in [1.165, 1.54) is 4.68 Å². The van der Waals surface area contributed by atoms with Crippen LogP contribution in [0.25, 0.3) is 5.78 Å². The highest BCUT2D eigenvalue weighted by molar-refractivity contribution is 5.91. The largest absolute Gasteiger partial charge is 0.345 e. The number of piperidine rings is 1. The summed E-state index contributed by atoms with van der Waals surface area (Å²) in [4.78, 5) is 31.6. The van der Waals surface area contributed by atoms with E-state index in [1.54, 1.807) is 20.9 Å². The van der Waals surface area contributed by atoms with E-state index < -0.39 is 0 Å². The lowest BCUT2D eigenvalue weighted by Crippen LogP contribution is -2.41. The molecule has 4 heterocycles. The van der Waals surface area contributed by atoms with Crippen LogP contribution in [0.15, 0.2) is 10.9 Å². The summed E-state index contributed by atoms with van der Waals surface area (Å²) in [6.45, 7) is 7.44. The number of fused-ring (bicyclic) bond motifs is 1. The van der Waals surface area contributed by atoms with Crippen molar-refractivity contribution in [3.05, 3.63) is 39.6 Å². The number of aromatic nitrogens is 7. The van der Waals surface area contributed by atoms with Gasteiger partial charge in [0, 0.05) is 44.0 Å². The summed E-state index contributed by atoms with van der Waals surface area (Å²) in [7, 11) is 1.66. The molecule has 4 rings (SSSR count). The minimum atomic E-state index is -0.174. The molecule has 1 fully saturated rings. The highest BCUT2D eigenvalue weighted by atomic mass is 16.2. The van der Waals surface area contributed by atoms with Crippen LogP contribution in [0.3, 0.4) is 0 Å². The van der Waals surface area contributed by atoms with E-state index in [2.05, 4.69) is 20.3 Å².